The first-order chi connectivity index (χ1) is 40.7. The van der Waals surface area contributed by atoms with Crippen molar-refractivity contribution in [1.82, 2.24) is 5.32 Å². The van der Waals surface area contributed by atoms with Gasteiger partial charge >= 0.3 is 5.97 Å². The maximum absolute atomic E-state index is 13.5. The van der Waals surface area contributed by atoms with Crippen molar-refractivity contribution in [3.05, 3.63) is 109 Å². The summed E-state index contributed by atoms with van der Waals surface area (Å²) in [5.41, 5.74) is 0. The molecule has 0 spiro atoms. The van der Waals surface area contributed by atoms with Crippen molar-refractivity contribution in [2.45, 2.75) is 320 Å². The number of nitrogens with one attached hydrogen (secondary N) is 1. The zero-order chi connectivity index (χ0) is 60.3. The van der Waals surface area contributed by atoms with Crippen LogP contribution in [0.1, 0.15) is 271 Å². The molecule has 1 saturated heterocycles. The van der Waals surface area contributed by atoms with Gasteiger partial charge in [0.25, 0.3) is 0 Å². The van der Waals surface area contributed by atoms with Gasteiger partial charge in [-0.3, -0.25) is 9.59 Å². The van der Waals surface area contributed by atoms with Crippen molar-refractivity contribution in [1.29, 1.82) is 0 Å². The fourth-order valence-electron chi connectivity index (χ4n) is 9.79. The van der Waals surface area contributed by atoms with E-state index in [0.29, 0.717) is 12.8 Å². The lowest BCUT2D eigenvalue weighted by Gasteiger charge is -2.41. The molecule has 1 amide bonds. The van der Waals surface area contributed by atoms with Gasteiger partial charge in [0.1, 0.15) is 24.4 Å². The van der Waals surface area contributed by atoms with Crippen LogP contribution in [0.15, 0.2) is 109 Å². The van der Waals surface area contributed by atoms with Gasteiger partial charge in [-0.1, -0.05) is 259 Å². The highest BCUT2D eigenvalue weighted by Gasteiger charge is 2.47. The van der Waals surface area contributed by atoms with Gasteiger partial charge in [-0.15, -0.1) is 0 Å². The van der Waals surface area contributed by atoms with Gasteiger partial charge in [0.05, 0.1) is 25.4 Å². The first kappa shape index (κ1) is 77.3. The third-order valence-electron chi connectivity index (χ3n) is 15.1. The van der Waals surface area contributed by atoms with Crippen molar-refractivity contribution < 1.29 is 49.3 Å². The van der Waals surface area contributed by atoms with Crippen LogP contribution in [0.5, 0.6) is 0 Å². The molecule has 1 fully saturated rings. The number of carbonyl (C=O) groups excluding carboxylic acids is 2. The Labute approximate surface area is 507 Å². The molecule has 0 aromatic heterocycles. The number of aliphatic hydroxyl groups excluding tert-OH is 5. The van der Waals surface area contributed by atoms with E-state index in [-0.39, 0.29) is 19.4 Å². The monoisotopic (exact) mass is 1160 g/mol. The summed E-state index contributed by atoms with van der Waals surface area (Å²) in [6.07, 6.45) is 69.7. The van der Waals surface area contributed by atoms with E-state index in [9.17, 15) is 35.1 Å². The fourth-order valence-corrected chi connectivity index (χ4v) is 9.79. The molecular weight excluding hydrogens is 1040 g/mol. The molecule has 0 bridgehead atoms. The molecular formula is C72H123NO10. The number of esters is 1. The maximum Gasteiger partial charge on any atom is 0.306 e. The Morgan fingerprint density at radius 3 is 1.27 bits per heavy atom. The Kier molecular flexibility index (Phi) is 54.7. The zero-order valence-corrected chi connectivity index (χ0v) is 52.8. The Balaban J connectivity index is 2.64. The molecule has 8 atom stereocenters. The van der Waals surface area contributed by atoms with Gasteiger partial charge in [0, 0.05) is 6.42 Å². The van der Waals surface area contributed by atoms with E-state index in [1.54, 1.807) is 6.08 Å². The summed E-state index contributed by atoms with van der Waals surface area (Å²) in [5.74, 6) is -1.23. The van der Waals surface area contributed by atoms with Crippen LogP contribution in [-0.2, 0) is 23.8 Å². The predicted octanol–water partition coefficient (Wildman–Crippen LogP) is 16.8. The van der Waals surface area contributed by atoms with E-state index in [0.717, 1.165) is 135 Å². The minimum Gasteiger partial charge on any atom is -0.454 e. The molecule has 1 rings (SSSR count). The predicted molar refractivity (Wildman–Crippen MR) is 347 cm³/mol. The molecule has 0 radical (unpaired) electrons. The molecule has 0 aromatic rings. The third kappa shape index (κ3) is 46.2. The summed E-state index contributed by atoms with van der Waals surface area (Å²) in [7, 11) is 0. The van der Waals surface area contributed by atoms with E-state index < -0.39 is 67.4 Å². The average Bonchev–Trinajstić information content (AvgIpc) is 3.52. The summed E-state index contributed by atoms with van der Waals surface area (Å²) in [6, 6.07) is -1.04. The topological polar surface area (TPSA) is 175 Å². The van der Waals surface area contributed by atoms with Gasteiger partial charge in [-0.25, -0.2) is 0 Å². The highest BCUT2D eigenvalue weighted by molar-refractivity contribution is 5.80. The van der Waals surface area contributed by atoms with Crippen molar-refractivity contribution in [3.63, 3.8) is 0 Å². The number of allylic oxidation sites excluding steroid dienone is 17. The molecule has 1 heterocycles. The van der Waals surface area contributed by atoms with Crippen LogP contribution in [0.2, 0.25) is 0 Å². The molecule has 83 heavy (non-hydrogen) atoms. The molecule has 0 aromatic carbocycles. The molecule has 6 N–H and O–H groups in total. The van der Waals surface area contributed by atoms with Crippen LogP contribution in [0.4, 0.5) is 0 Å². The van der Waals surface area contributed by atoms with Crippen LogP contribution >= 0.6 is 0 Å². The van der Waals surface area contributed by atoms with E-state index >= 15 is 0 Å². The van der Waals surface area contributed by atoms with Crippen LogP contribution in [0, 0.1) is 0 Å². The minimum atomic E-state index is -1.63. The highest BCUT2D eigenvalue weighted by atomic mass is 16.7. The molecule has 1 aliphatic heterocycles. The van der Waals surface area contributed by atoms with Gasteiger partial charge in [0.15, 0.2) is 12.4 Å². The molecule has 11 nitrogen and oxygen atoms in total. The number of carbonyl (C=O) groups is 2. The van der Waals surface area contributed by atoms with E-state index in [1.165, 1.54) is 89.9 Å². The van der Waals surface area contributed by atoms with Gasteiger partial charge in [0.2, 0.25) is 5.91 Å². The lowest BCUT2D eigenvalue weighted by molar-refractivity contribution is -0.305. The summed E-state index contributed by atoms with van der Waals surface area (Å²) in [6.45, 7) is 5.71. The number of hydrogen-bond acceptors (Lipinski definition) is 10. The first-order valence-electron chi connectivity index (χ1n) is 33.7. The number of aliphatic hydroxyl groups is 5. The maximum atomic E-state index is 13.5. The van der Waals surface area contributed by atoms with Crippen LogP contribution in [0.25, 0.3) is 0 Å². The Hall–Kier alpha value is -3.68. The zero-order valence-electron chi connectivity index (χ0n) is 52.8. The lowest BCUT2D eigenvalue weighted by atomic mass is 9.99. The number of unbranched alkanes of at least 4 members (excludes halogenated alkanes) is 26. The lowest BCUT2D eigenvalue weighted by Crippen LogP contribution is -2.61. The SMILES string of the molecule is CCCCC/C=C\C/C=C\C/C=C\C/C=C\CCCCCCCCC(O)C(=O)NC(COC1OC(CO)C(O)C(O)C1OC(=O)CCCCCCC/C=C\C/C=C\C/C=C\C/C=C\CCCCC)C(O)/C=C/CCCCCCCCCCC. The Morgan fingerprint density at radius 1 is 0.470 bits per heavy atom. The summed E-state index contributed by atoms with van der Waals surface area (Å²) < 4.78 is 17.6. The number of amides is 1. The second-order valence-corrected chi connectivity index (χ2v) is 22.8. The normalized spacial score (nSPS) is 19.3. The van der Waals surface area contributed by atoms with E-state index in [2.05, 4.69) is 123 Å². The van der Waals surface area contributed by atoms with Crippen molar-refractivity contribution in [2.75, 3.05) is 13.2 Å². The summed E-state index contributed by atoms with van der Waals surface area (Å²) in [4.78, 5) is 26.6. The van der Waals surface area contributed by atoms with Gasteiger partial charge in [-0.05, 0) is 116 Å². The van der Waals surface area contributed by atoms with Crippen molar-refractivity contribution >= 4 is 11.9 Å². The molecule has 11 heteroatoms. The van der Waals surface area contributed by atoms with Crippen molar-refractivity contribution in [3.8, 4) is 0 Å². The molecule has 0 saturated carbocycles. The van der Waals surface area contributed by atoms with Crippen LogP contribution in [-0.4, -0.2) is 99.6 Å². The van der Waals surface area contributed by atoms with E-state index in [4.69, 9.17) is 14.2 Å². The number of rotatable bonds is 56. The second kappa shape index (κ2) is 58.7. The van der Waals surface area contributed by atoms with Crippen molar-refractivity contribution in [2.24, 2.45) is 0 Å². The highest BCUT2D eigenvalue weighted by Crippen LogP contribution is 2.26. The number of ether oxygens (including phenoxy) is 3. The molecule has 8 unspecified atom stereocenters. The van der Waals surface area contributed by atoms with Gasteiger partial charge in [-0.2, -0.15) is 0 Å². The Morgan fingerprint density at radius 2 is 0.831 bits per heavy atom. The first-order valence-corrected chi connectivity index (χ1v) is 33.7. The largest absolute Gasteiger partial charge is 0.454 e. The summed E-state index contributed by atoms with van der Waals surface area (Å²) in [5, 5.41) is 57.1. The second-order valence-electron chi connectivity index (χ2n) is 22.8. The molecule has 476 valence electrons. The number of hydrogen-bond donors (Lipinski definition) is 6. The summed E-state index contributed by atoms with van der Waals surface area (Å²) >= 11 is 0. The fraction of sp³-hybridized carbons (Fsp3) is 0.722. The molecule has 1 aliphatic rings. The third-order valence-corrected chi connectivity index (χ3v) is 15.1. The molecule has 0 aliphatic carbocycles. The average molecular weight is 1160 g/mol. The van der Waals surface area contributed by atoms with E-state index in [1.807, 2.05) is 6.08 Å². The minimum absolute atomic E-state index is 0.0957. The van der Waals surface area contributed by atoms with Crippen LogP contribution < -0.4 is 5.32 Å². The van der Waals surface area contributed by atoms with Crippen LogP contribution in [0.3, 0.4) is 0 Å². The Bertz CT molecular complexity index is 1770. The quantitative estimate of drug-likeness (QED) is 0.0195. The smallest absolute Gasteiger partial charge is 0.306 e. The standard InChI is InChI=1S/C72H123NO10/c1-4-7-10-13-16-19-22-24-26-28-30-32-34-35-37-39-41-44-47-50-53-56-59-65(76)71(80)73-63(64(75)58-55-52-49-46-43-21-18-15-12-9-6-3)62-81-72-70(69(79)68(78)66(61-74)82-72)83-67(77)60-57-54-51-48-45-42-40-38-36-33-31-29-27-25-23-20-17-14-11-8-5-2/h16-17,19-20,24-27,30-33,35,37-38,40,55,58,63-66,68-70,72,74-76,78-79H,4-15,18,21-23,28-29,34,36,39,41-54,56-57,59-62H2,1-3H3,(H,73,80)/b19-16-,20-17-,26-24-,27-25-,32-30-,33-31-,37-35-,40-38-,58-55+. The van der Waals surface area contributed by atoms with Gasteiger partial charge < -0.3 is 45.1 Å².